The SMILES string of the molecule is CC(C)NC(=O)[C@H](Cc1ccccc1)N(Cc1ccc(Cl)c(Cl)c1)C(=O)CCCN(c1cccc(Cl)c1)S(C)(=O)=O. The molecular formula is C30H34Cl3N3O4S. The fourth-order valence-corrected chi connectivity index (χ4v) is 5.87. The summed E-state index contributed by atoms with van der Waals surface area (Å²) in [6.07, 6.45) is 1.64. The second-order valence-corrected chi connectivity index (χ2v) is 13.2. The molecule has 0 spiro atoms. The van der Waals surface area contributed by atoms with Gasteiger partial charge < -0.3 is 10.2 Å². The van der Waals surface area contributed by atoms with Gasteiger partial charge >= 0.3 is 0 Å². The van der Waals surface area contributed by atoms with Crippen LogP contribution in [0.25, 0.3) is 0 Å². The van der Waals surface area contributed by atoms with Crippen molar-refractivity contribution in [3.8, 4) is 0 Å². The maximum atomic E-state index is 13.8. The normalized spacial score (nSPS) is 12.2. The van der Waals surface area contributed by atoms with Crippen LogP contribution in [0.4, 0.5) is 5.69 Å². The van der Waals surface area contributed by atoms with Crippen LogP contribution in [0.5, 0.6) is 0 Å². The summed E-state index contributed by atoms with van der Waals surface area (Å²) in [5.41, 5.74) is 2.02. The van der Waals surface area contributed by atoms with Crippen LogP contribution in [0.2, 0.25) is 15.1 Å². The van der Waals surface area contributed by atoms with E-state index in [1.54, 1.807) is 42.5 Å². The molecule has 0 bridgehead atoms. The Morgan fingerprint density at radius 2 is 1.59 bits per heavy atom. The van der Waals surface area contributed by atoms with Crippen molar-refractivity contribution in [2.75, 3.05) is 17.1 Å². The molecule has 0 radical (unpaired) electrons. The first kappa shape index (κ1) is 32.7. The van der Waals surface area contributed by atoms with E-state index in [2.05, 4.69) is 5.32 Å². The minimum atomic E-state index is -3.64. The van der Waals surface area contributed by atoms with Crippen molar-refractivity contribution in [1.82, 2.24) is 10.2 Å². The van der Waals surface area contributed by atoms with Gasteiger partial charge in [0.2, 0.25) is 21.8 Å². The molecule has 3 aromatic rings. The number of hydrogen-bond acceptors (Lipinski definition) is 4. The van der Waals surface area contributed by atoms with Gasteiger partial charge in [0.25, 0.3) is 0 Å². The van der Waals surface area contributed by atoms with Crippen LogP contribution in [0.15, 0.2) is 72.8 Å². The van der Waals surface area contributed by atoms with E-state index in [4.69, 9.17) is 34.8 Å². The van der Waals surface area contributed by atoms with Gasteiger partial charge in [0.15, 0.2) is 0 Å². The van der Waals surface area contributed by atoms with Gasteiger partial charge in [-0.05, 0) is 61.7 Å². The third kappa shape index (κ3) is 9.92. The zero-order valence-electron chi connectivity index (χ0n) is 23.2. The zero-order valence-corrected chi connectivity index (χ0v) is 26.3. The average Bonchev–Trinajstić information content (AvgIpc) is 2.90. The molecule has 0 aromatic heterocycles. The van der Waals surface area contributed by atoms with E-state index < -0.39 is 16.1 Å². The van der Waals surface area contributed by atoms with Crippen molar-refractivity contribution >= 4 is 62.3 Å². The van der Waals surface area contributed by atoms with E-state index in [1.165, 1.54) is 9.21 Å². The molecule has 0 fully saturated rings. The minimum Gasteiger partial charge on any atom is -0.352 e. The standard InChI is InChI=1S/C30H34Cl3N3O4S/c1-21(2)34-30(38)28(18-22-9-5-4-6-10-22)35(20-23-14-15-26(32)27(33)17-23)29(37)13-8-16-36(41(3,39)40)25-12-7-11-24(31)19-25/h4-7,9-12,14-15,17,19,21,28H,8,13,16,18,20H2,1-3H3,(H,34,38)/t28-/m0/s1. The molecule has 41 heavy (non-hydrogen) atoms. The van der Waals surface area contributed by atoms with Gasteiger partial charge in [0, 0.05) is 37.0 Å². The molecule has 0 saturated heterocycles. The van der Waals surface area contributed by atoms with E-state index in [0.717, 1.165) is 11.8 Å². The molecule has 0 saturated carbocycles. The third-order valence-corrected chi connectivity index (χ3v) is 8.46. The molecule has 0 aliphatic carbocycles. The molecule has 0 aliphatic heterocycles. The van der Waals surface area contributed by atoms with Gasteiger partial charge in [0.05, 0.1) is 22.0 Å². The summed E-state index contributed by atoms with van der Waals surface area (Å²) in [5, 5.41) is 4.07. The van der Waals surface area contributed by atoms with Gasteiger partial charge in [-0.1, -0.05) is 77.3 Å². The number of rotatable bonds is 13. The molecule has 220 valence electrons. The Balaban J connectivity index is 1.90. The maximum Gasteiger partial charge on any atom is 0.243 e. The summed E-state index contributed by atoms with van der Waals surface area (Å²) in [7, 11) is -3.64. The van der Waals surface area contributed by atoms with Crippen LogP contribution in [-0.4, -0.2) is 50.0 Å². The molecule has 3 aromatic carbocycles. The van der Waals surface area contributed by atoms with E-state index >= 15 is 0 Å². The predicted molar refractivity (Wildman–Crippen MR) is 167 cm³/mol. The molecule has 0 unspecified atom stereocenters. The Morgan fingerprint density at radius 1 is 0.878 bits per heavy atom. The monoisotopic (exact) mass is 637 g/mol. The lowest BCUT2D eigenvalue weighted by Crippen LogP contribution is -2.51. The molecule has 11 heteroatoms. The van der Waals surface area contributed by atoms with Crippen LogP contribution < -0.4 is 9.62 Å². The molecule has 0 aliphatic rings. The first-order chi connectivity index (χ1) is 19.3. The Bertz CT molecular complexity index is 1450. The van der Waals surface area contributed by atoms with Crippen LogP contribution in [0.3, 0.4) is 0 Å². The fourth-order valence-electron chi connectivity index (χ4n) is 4.40. The van der Waals surface area contributed by atoms with Crippen molar-refractivity contribution in [2.45, 2.75) is 51.7 Å². The number of hydrogen-bond donors (Lipinski definition) is 1. The number of sulfonamides is 1. The highest BCUT2D eigenvalue weighted by Gasteiger charge is 2.31. The zero-order chi connectivity index (χ0) is 30.2. The first-order valence-corrected chi connectivity index (χ1v) is 16.1. The Labute approximate surface area is 257 Å². The summed E-state index contributed by atoms with van der Waals surface area (Å²) in [5.74, 6) is -0.579. The van der Waals surface area contributed by atoms with Crippen molar-refractivity contribution in [2.24, 2.45) is 0 Å². The highest BCUT2D eigenvalue weighted by molar-refractivity contribution is 7.92. The van der Waals surface area contributed by atoms with E-state index in [1.807, 2.05) is 44.2 Å². The first-order valence-electron chi connectivity index (χ1n) is 13.2. The van der Waals surface area contributed by atoms with E-state index in [0.29, 0.717) is 32.7 Å². The number of benzene rings is 3. The summed E-state index contributed by atoms with van der Waals surface area (Å²) in [6.45, 7) is 3.90. The lowest BCUT2D eigenvalue weighted by molar-refractivity contribution is -0.141. The predicted octanol–water partition coefficient (Wildman–Crippen LogP) is 6.36. The summed E-state index contributed by atoms with van der Waals surface area (Å²) < 4.78 is 26.4. The smallest absolute Gasteiger partial charge is 0.243 e. The highest BCUT2D eigenvalue weighted by atomic mass is 35.5. The number of carbonyl (C=O) groups is 2. The van der Waals surface area contributed by atoms with E-state index in [9.17, 15) is 18.0 Å². The maximum absolute atomic E-state index is 13.8. The molecule has 7 nitrogen and oxygen atoms in total. The van der Waals surface area contributed by atoms with Crippen molar-refractivity contribution in [1.29, 1.82) is 0 Å². The lowest BCUT2D eigenvalue weighted by atomic mass is 10.0. The van der Waals surface area contributed by atoms with Crippen molar-refractivity contribution in [3.63, 3.8) is 0 Å². The summed E-state index contributed by atoms with van der Waals surface area (Å²) in [6, 6.07) is 20.1. The Kier molecular flexibility index (Phi) is 11.9. The van der Waals surface area contributed by atoms with E-state index in [-0.39, 0.29) is 43.8 Å². The third-order valence-electron chi connectivity index (χ3n) is 6.29. The summed E-state index contributed by atoms with van der Waals surface area (Å²) in [4.78, 5) is 28.9. The average molecular weight is 639 g/mol. The van der Waals surface area contributed by atoms with Gasteiger partial charge in [-0.3, -0.25) is 13.9 Å². The number of carbonyl (C=O) groups excluding carboxylic acids is 2. The van der Waals surface area contributed by atoms with Crippen LogP contribution in [0, 0.1) is 0 Å². The molecule has 0 heterocycles. The molecular weight excluding hydrogens is 605 g/mol. The second-order valence-electron chi connectivity index (χ2n) is 10.1. The van der Waals surface area contributed by atoms with Crippen molar-refractivity contribution in [3.05, 3.63) is 99.0 Å². The fraction of sp³-hybridized carbons (Fsp3) is 0.333. The van der Waals surface area contributed by atoms with Crippen molar-refractivity contribution < 1.29 is 18.0 Å². The number of nitrogens with one attached hydrogen (secondary N) is 1. The quantitative estimate of drug-likeness (QED) is 0.236. The summed E-state index contributed by atoms with van der Waals surface area (Å²) >= 11 is 18.5. The number of anilines is 1. The van der Waals surface area contributed by atoms with Gasteiger partial charge in [-0.25, -0.2) is 8.42 Å². The molecule has 1 atom stereocenters. The molecule has 2 amide bonds. The second kappa shape index (κ2) is 14.9. The van der Waals surface area contributed by atoms with Crippen LogP contribution in [0.1, 0.15) is 37.8 Å². The van der Waals surface area contributed by atoms with Gasteiger partial charge in [-0.2, -0.15) is 0 Å². The molecule has 3 rings (SSSR count). The van der Waals surface area contributed by atoms with Gasteiger partial charge in [-0.15, -0.1) is 0 Å². The number of halogens is 3. The van der Waals surface area contributed by atoms with Crippen LogP contribution in [-0.2, 0) is 32.6 Å². The molecule has 1 N–H and O–H groups in total. The van der Waals surface area contributed by atoms with Crippen LogP contribution >= 0.6 is 34.8 Å². The number of nitrogens with zero attached hydrogens (tertiary/aromatic N) is 2. The largest absolute Gasteiger partial charge is 0.352 e. The highest BCUT2D eigenvalue weighted by Crippen LogP contribution is 2.26. The Hall–Kier alpha value is -2.78. The number of amides is 2. The Morgan fingerprint density at radius 3 is 2.20 bits per heavy atom. The van der Waals surface area contributed by atoms with Gasteiger partial charge in [0.1, 0.15) is 6.04 Å². The minimum absolute atomic E-state index is 0.00809. The lowest BCUT2D eigenvalue weighted by Gasteiger charge is -2.32. The topological polar surface area (TPSA) is 86.8 Å².